The first-order valence-electron chi connectivity index (χ1n) is 6.36. The zero-order valence-electron chi connectivity index (χ0n) is 11.2. The lowest BCUT2D eigenvalue weighted by Crippen LogP contribution is -2.16. The third kappa shape index (κ3) is 2.55. The molecule has 0 spiro atoms. The highest BCUT2D eigenvalue weighted by molar-refractivity contribution is 6.15. The van der Waals surface area contributed by atoms with Gasteiger partial charge in [-0.05, 0) is 31.2 Å². The number of aryl methyl sites for hydroxylation is 1. The molecule has 2 heterocycles. The van der Waals surface area contributed by atoms with E-state index in [1.807, 2.05) is 0 Å². The second-order valence-corrected chi connectivity index (χ2v) is 4.81. The van der Waals surface area contributed by atoms with Crippen LogP contribution in [0.2, 0.25) is 0 Å². The minimum atomic E-state index is -0.407. The number of rotatable bonds is 2. The molecule has 1 aromatic carbocycles. The SMILES string of the molecule is Cc1cc(C(=O)c2ccc3c(c2)NC(=O)CC(=O)N3)co1. The van der Waals surface area contributed by atoms with Crippen LogP contribution in [0.25, 0.3) is 0 Å². The Morgan fingerprint density at radius 2 is 1.76 bits per heavy atom. The predicted octanol–water partition coefficient (Wildman–Crippen LogP) is 2.10. The van der Waals surface area contributed by atoms with E-state index in [1.165, 1.54) is 6.26 Å². The van der Waals surface area contributed by atoms with Gasteiger partial charge in [0.15, 0.2) is 5.78 Å². The van der Waals surface area contributed by atoms with E-state index in [2.05, 4.69) is 10.6 Å². The summed E-state index contributed by atoms with van der Waals surface area (Å²) in [7, 11) is 0. The molecule has 0 saturated carbocycles. The van der Waals surface area contributed by atoms with Crippen LogP contribution in [0, 0.1) is 6.92 Å². The fourth-order valence-electron chi connectivity index (χ4n) is 2.16. The second-order valence-electron chi connectivity index (χ2n) is 4.81. The van der Waals surface area contributed by atoms with Gasteiger partial charge in [0.1, 0.15) is 18.4 Å². The molecule has 2 amide bonds. The molecule has 1 aliphatic rings. The van der Waals surface area contributed by atoms with Crippen LogP contribution in [0.4, 0.5) is 11.4 Å². The van der Waals surface area contributed by atoms with Crippen molar-refractivity contribution in [3.63, 3.8) is 0 Å². The van der Waals surface area contributed by atoms with E-state index in [-0.39, 0.29) is 18.1 Å². The largest absolute Gasteiger partial charge is 0.469 e. The normalized spacial score (nSPS) is 14.0. The molecule has 1 aromatic heterocycles. The Morgan fingerprint density at radius 3 is 2.43 bits per heavy atom. The summed E-state index contributed by atoms with van der Waals surface area (Å²) in [6.07, 6.45) is 1.16. The quantitative estimate of drug-likeness (QED) is 0.653. The van der Waals surface area contributed by atoms with Crippen molar-refractivity contribution in [2.45, 2.75) is 13.3 Å². The van der Waals surface area contributed by atoms with Gasteiger partial charge in [0.2, 0.25) is 11.8 Å². The summed E-state index contributed by atoms with van der Waals surface area (Å²) in [6, 6.07) is 6.39. The Hall–Kier alpha value is -2.89. The lowest BCUT2D eigenvalue weighted by atomic mass is 10.0. The number of ketones is 1. The van der Waals surface area contributed by atoms with Crippen molar-refractivity contribution in [1.82, 2.24) is 0 Å². The first-order valence-corrected chi connectivity index (χ1v) is 6.36. The third-order valence-electron chi connectivity index (χ3n) is 3.14. The van der Waals surface area contributed by atoms with Gasteiger partial charge in [-0.3, -0.25) is 14.4 Å². The fourth-order valence-corrected chi connectivity index (χ4v) is 2.16. The Labute approximate surface area is 120 Å². The Bertz CT molecular complexity index is 761. The molecule has 0 bridgehead atoms. The van der Waals surface area contributed by atoms with Crippen LogP contribution in [0.1, 0.15) is 28.1 Å². The average Bonchev–Trinajstić information content (AvgIpc) is 2.79. The Balaban J connectivity index is 1.97. The van der Waals surface area contributed by atoms with Crippen molar-refractivity contribution in [3.8, 4) is 0 Å². The Kier molecular flexibility index (Phi) is 3.06. The van der Waals surface area contributed by atoms with E-state index in [1.54, 1.807) is 31.2 Å². The van der Waals surface area contributed by atoms with Gasteiger partial charge >= 0.3 is 0 Å². The lowest BCUT2D eigenvalue weighted by Gasteiger charge is -2.08. The van der Waals surface area contributed by atoms with E-state index < -0.39 is 5.91 Å². The molecule has 0 atom stereocenters. The molecule has 0 aliphatic carbocycles. The van der Waals surface area contributed by atoms with Gasteiger partial charge in [-0.25, -0.2) is 0 Å². The van der Waals surface area contributed by atoms with Crippen molar-refractivity contribution in [2.24, 2.45) is 0 Å². The lowest BCUT2D eigenvalue weighted by molar-refractivity contribution is -0.123. The summed E-state index contributed by atoms with van der Waals surface area (Å²) < 4.78 is 5.12. The number of carbonyl (C=O) groups is 3. The molecule has 6 nitrogen and oxygen atoms in total. The van der Waals surface area contributed by atoms with E-state index in [4.69, 9.17) is 4.42 Å². The second kappa shape index (κ2) is 4.90. The van der Waals surface area contributed by atoms with E-state index in [9.17, 15) is 14.4 Å². The molecular weight excluding hydrogens is 272 g/mol. The molecule has 0 unspecified atom stereocenters. The van der Waals surface area contributed by atoms with Crippen LogP contribution < -0.4 is 10.6 Å². The van der Waals surface area contributed by atoms with Crippen LogP contribution >= 0.6 is 0 Å². The minimum Gasteiger partial charge on any atom is -0.469 e. The molecule has 106 valence electrons. The fraction of sp³-hybridized carbons (Fsp3) is 0.133. The van der Waals surface area contributed by atoms with Crippen molar-refractivity contribution < 1.29 is 18.8 Å². The number of benzene rings is 1. The topological polar surface area (TPSA) is 88.4 Å². The summed E-state index contributed by atoms with van der Waals surface area (Å²) in [4.78, 5) is 35.3. The zero-order chi connectivity index (χ0) is 15.0. The molecular formula is C15H12N2O4. The molecule has 6 heteroatoms. The highest BCUT2D eigenvalue weighted by Gasteiger charge is 2.20. The van der Waals surface area contributed by atoms with Crippen LogP contribution in [0.3, 0.4) is 0 Å². The number of nitrogens with one attached hydrogen (secondary N) is 2. The summed E-state index contributed by atoms with van der Waals surface area (Å²) in [5.41, 5.74) is 1.74. The number of amides is 2. The van der Waals surface area contributed by atoms with E-state index >= 15 is 0 Å². The molecule has 1 aliphatic heterocycles. The summed E-state index contributed by atoms with van der Waals surface area (Å²) >= 11 is 0. The van der Waals surface area contributed by atoms with E-state index in [0.717, 1.165) is 0 Å². The van der Waals surface area contributed by atoms with Gasteiger partial charge in [-0.15, -0.1) is 0 Å². The molecule has 0 saturated heterocycles. The highest BCUT2D eigenvalue weighted by Crippen LogP contribution is 2.27. The number of hydrogen-bond acceptors (Lipinski definition) is 4. The summed E-state index contributed by atoms with van der Waals surface area (Å²) in [5.74, 6) is -0.348. The maximum Gasteiger partial charge on any atom is 0.233 e. The molecule has 2 N–H and O–H groups in total. The number of fused-ring (bicyclic) bond motifs is 1. The van der Waals surface area contributed by atoms with Gasteiger partial charge in [-0.1, -0.05) is 0 Å². The molecule has 3 rings (SSSR count). The standard InChI is InChI=1S/C15H12N2O4/c1-8-4-10(7-21-8)15(20)9-2-3-11-12(5-9)17-14(19)6-13(18)16-11/h2-5,7H,6H2,1H3,(H,16,18)(H,17,19). The Morgan fingerprint density at radius 1 is 1.05 bits per heavy atom. The number of hydrogen-bond donors (Lipinski definition) is 2. The number of furan rings is 1. The van der Waals surface area contributed by atoms with Crippen LogP contribution in [0.5, 0.6) is 0 Å². The van der Waals surface area contributed by atoms with Gasteiger partial charge < -0.3 is 15.1 Å². The van der Waals surface area contributed by atoms with Crippen molar-refractivity contribution in [1.29, 1.82) is 0 Å². The zero-order valence-corrected chi connectivity index (χ0v) is 11.2. The van der Waals surface area contributed by atoms with Crippen molar-refractivity contribution >= 4 is 29.0 Å². The first kappa shape index (κ1) is 13.1. The van der Waals surface area contributed by atoms with Gasteiger partial charge in [-0.2, -0.15) is 0 Å². The first-order chi connectivity index (χ1) is 10.0. The monoisotopic (exact) mass is 284 g/mol. The van der Waals surface area contributed by atoms with Gasteiger partial charge in [0.05, 0.1) is 16.9 Å². The predicted molar refractivity (Wildman–Crippen MR) is 75.2 cm³/mol. The molecule has 0 radical (unpaired) electrons. The molecule has 0 fully saturated rings. The summed E-state index contributed by atoms with van der Waals surface area (Å²) in [6.45, 7) is 1.75. The van der Waals surface area contributed by atoms with Gasteiger partial charge in [0, 0.05) is 5.56 Å². The van der Waals surface area contributed by atoms with Crippen LogP contribution in [0.15, 0.2) is 34.9 Å². The average molecular weight is 284 g/mol. The maximum atomic E-state index is 12.3. The minimum absolute atomic E-state index is 0.209. The highest BCUT2D eigenvalue weighted by atomic mass is 16.3. The van der Waals surface area contributed by atoms with E-state index in [0.29, 0.717) is 28.3 Å². The van der Waals surface area contributed by atoms with Gasteiger partial charge in [0.25, 0.3) is 0 Å². The summed E-state index contributed by atoms with van der Waals surface area (Å²) in [5, 5.41) is 5.22. The third-order valence-corrected chi connectivity index (χ3v) is 3.14. The smallest absolute Gasteiger partial charge is 0.233 e. The van der Waals surface area contributed by atoms with Crippen LogP contribution in [-0.2, 0) is 9.59 Å². The molecule has 2 aromatic rings. The number of anilines is 2. The molecule has 21 heavy (non-hydrogen) atoms. The van der Waals surface area contributed by atoms with Crippen molar-refractivity contribution in [3.05, 3.63) is 47.4 Å². The van der Waals surface area contributed by atoms with Crippen LogP contribution in [-0.4, -0.2) is 17.6 Å². The number of carbonyl (C=O) groups excluding carboxylic acids is 3. The maximum absolute atomic E-state index is 12.3. The van der Waals surface area contributed by atoms with Crippen molar-refractivity contribution in [2.75, 3.05) is 10.6 Å².